The average Bonchev–Trinajstić information content (AvgIpc) is 2.52. The third kappa shape index (κ3) is 3.65. The minimum Gasteiger partial charge on any atom is -0.493 e. The maximum atomic E-state index is 11.9. The van der Waals surface area contributed by atoms with E-state index in [0.717, 1.165) is 5.33 Å². The van der Waals surface area contributed by atoms with E-state index in [0.29, 0.717) is 28.8 Å². The average molecular weight is 366 g/mol. The Morgan fingerprint density at radius 1 is 1.52 bits per heavy atom. The monoisotopic (exact) mass is 365 g/mol. The fourth-order valence-electron chi connectivity index (χ4n) is 1.75. The van der Waals surface area contributed by atoms with Crippen molar-refractivity contribution < 1.29 is 4.74 Å². The molecule has 1 N–H and O–H groups in total. The van der Waals surface area contributed by atoms with E-state index in [1.807, 2.05) is 24.5 Å². The summed E-state index contributed by atoms with van der Waals surface area (Å²) in [6.45, 7) is 0.535. The molecule has 2 rings (SSSR count). The lowest BCUT2D eigenvalue weighted by atomic mass is 10.1. The van der Waals surface area contributed by atoms with Crippen LogP contribution in [0.3, 0.4) is 0 Å². The number of alkyl halides is 1. The molecule has 108 valence electrons. The molecular weight excluding hydrogens is 354 g/mol. The van der Waals surface area contributed by atoms with Crippen LogP contribution in [0.4, 0.5) is 0 Å². The Labute approximate surface area is 134 Å². The second-order valence-electron chi connectivity index (χ2n) is 3.98. The Balaban J connectivity index is 2.53. The lowest BCUT2D eigenvalue weighted by Crippen LogP contribution is -2.14. The Bertz CT molecular complexity index is 740. The van der Waals surface area contributed by atoms with E-state index in [4.69, 9.17) is 4.74 Å². The molecule has 0 saturated carbocycles. The number of benzene rings is 1. The number of ether oxygens (including phenoxy) is 1. The first kappa shape index (κ1) is 15.6. The molecule has 0 fully saturated rings. The lowest BCUT2D eigenvalue weighted by molar-refractivity contribution is 0.345. The Morgan fingerprint density at radius 3 is 3.00 bits per heavy atom. The van der Waals surface area contributed by atoms with Crippen molar-refractivity contribution >= 4 is 27.7 Å². The van der Waals surface area contributed by atoms with Gasteiger partial charge in [0.1, 0.15) is 17.4 Å². The van der Waals surface area contributed by atoms with Gasteiger partial charge in [-0.1, -0.05) is 39.8 Å². The fourth-order valence-corrected chi connectivity index (χ4v) is 2.29. The van der Waals surface area contributed by atoms with Gasteiger partial charge in [-0.3, -0.25) is 4.79 Å². The molecule has 0 radical (unpaired) electrons. The topological polar surface area (TPSA) is 78.8 Å². The number of hydrogen-bond acceptors (Lipinski definition) is 5. The smallest absolute Gasteiger partial charge is 0.270 e. The van der Waals surface area contributed by atoms with Crippen LogP contribution >= 0.6 is 27.7 Å². The summed E-state index contributed by atoms with van der Waals surface area (Å²) in [5, 5.41) is 10.4. The first-order valence-corrected chi connectivity index (χ1v) is 8.41. The molecule has 0 aliphatic carbocycles. The zero-order chi connectivity index (χ0) is 15.2. The summed E-state index contributed by atoms with van der Waals surface area (Å²) >= 11 is 4.61. The maximum Gasteiger partial charge on any atom is 0.270 e. The van der Waals surface area contributed by atoms with Crippen LogP contribution in [0.25, 0.3) is 11.3 Å². The number of hydrogen-bond donors (Lipinski definition) is 1. The van der Waals surface area contributed by atoms with E-state index in [9.17, 15) is 10.1 Å². The van der Waals surface area contributed by atoms with Gasteiger partial charge >= 0.3 is 0 Å². The Hall–Kier alpha value is -1.78. The van der Waals surface area contributed by atoms with E-state index < -0.39 is 5.56 Å². The van der Waals surface area contributed by atoms with Crippen molar-refractivity contribution in [2.45, 2.75) is 5.16 Å². The number of nitrogens with zero attached hydrogens (tertiary/aromatic N) is 2. The van der Waals surface area contributed by atoms with Crippen molar-refractivity contribution in [3.8, 4) is 23.1 Å². The van der Waals surface area contributed by atoms with Gasteiger partial charge in [0.25, 0.3) is 5.56 Å². The van der Waals surface area contributed by atoms with Crippen LogP contribution in [0.1, 0.15) is 5.56 Å². The van der Waals surface area contributed by atoms with E-state index in [1.165, 1.54) is 11.8 Å². The van der Waals surface area contributed by atoms with Crippen LogP contribution in [0.2, 0.25) is 0 Å². The van der Waals surface area contributed by atoms with Gasteiger partial charge < -0.3 is 9.72 Å². The number of nitriles is 1. The number of aromatic nitrogens is 2. The molecule has 0 aliphatic heterocycles. The summed E-state index contributed by atoms with van der Waals surface area (Å²) in [5.41, 5.74) is 0.624. The van der Waals surface area contributed by atoms with E-state index in [2.05, 4.69) is 25.9 Å². The van der Waals surface area contributed by atoms with Gasteiger partial charge in [-0.05, 0) is 18.4 Å². The maximum absolute atomic E-state index is 11.9. The van der Waals surface area contributed by atoms with Crippen molar-refractivity contribution in [3.63, 3.8) is 0 Å². The van der Waals surface area contributed by atoms with Gasteiger partial charge in [0, 0.05) is 10.9 Å². The first-order chi connectivity index (χ1) is 10.2. The molecule has 0 bridgehead atoms. The minimum absolute atomic E-state index is 0.00504. The van der Waals surface area contributed by atoms with E-state index in [1.54, 1.807) is 12.1 Å². The molecule has 21 heavy (non-hydrogen) atoms. The highest BCUT2D eigenvalue weighted by Gasteiger charge is 2.13. The number of aromatic amines is 1. The van der Waals surface area contributed by atoms with Crippen molar-refractivity contribution in [2.75, 3.05) is 18.2 Å². The highest BCUT2D eigenvalue weighted by Crippen LogP contribution is 2.25. The summed E-state index contributed by atoms with van der Waals surface area (Å²) in [7, 11) is 0. The number of H-pyrrole nitrogens is 1. The fraction of sp³-hybridized carbons (Fsp3) is 0.214. The molecule has 0 aliphatic rings. The number of rotatable bonds is 5. The summed E-state index contributed by atoms with van der Waals surface area (Å²) in [6.07, 6.45) is 1.81. The SMILES string of the molecule is CSc1nc(-c2cccc(OCCBr)c2)c(C#N)c(=O)[nH]1. The molecule has 0 unspecified atom stereocenters. The summed E-state index contributed by atoms with van der Waals surface area (Å²) in [5.74, 6) is 0.670. The third-order valence-corrected chi connectivity index (χ3v) is 3.56. The van der Waals surface area contributed by atoms with Crippen LogP contribution in [-0.4, -0.2) is 28.2 Å². The largest absolute Gasteiger partial charge is 0.493 e. The highest BCUT2D eigenvalue weighted by molar-refractivity contribution is 9.09. The molecule has 0 spiro atoms. The standard InChI is InChI=1S/C14H12BrN3O2S/c1-21-14-17-12(11(8-16)13(19)18-14)9-3-2-4-10(7-9)20-6-5-15/h2-4,7H,5-6H2,1H3,(H,17,18,19). The van der Waals surface area contributed by atoms with Gasteiger partial charge in [-0.15, -0.1) is 0 Å². The molecule has 0 amide bonds. The number of nitrogens with one attached hydrogen (secondary N) is 1. The molecule has 5 nitrogen and oxygen atoms in total. The zero-order valence-electron chi connectivity index (χ0n) is 11.2. The van der Waals surface area contributed by atoms with Crippen LogP contribution in [-0.2, 0) is 0 Å². The third-order valence-electron chi connectivity index (χ3n) is 2.66. The van der Waals surface area contributed by atoms with Crippen molar-refractivity contribution in [3.05, 3.63) is 40.2 Å². The van der Waals surface area contributed by atoms with Gasteiger partial charge in [-0.2, -0.15) is 5.26 Å². The van der Waals surface area contributed by atoms with Crippen molar-refractivity contribution in [2.24, 2.45) is 0 Å². The molecule has 1 aromatic heterocycles. The molecular formula is C14H12BrN3O2S. The normalized spacial score (nSPS) is 10.1. The van der Waals surface area contributed by atoms with Gasteiger partial charge in [0.15, 0.2) is 5.16 Å². The first-order valence-electron chi connectivity index (χ1n) is 6.07. The van der Waals surface area contributed by atoms with E-state index >= 15 is 0 Å². The second kappa shape index (κ2) is 7.29. The number of halogens is 1. The summed E-state index contributed by atoms with van der Waals surface area (Å²) in [4.78, 5) is 18.8. The van der Waals surface area contributed by atoms with Crippen molar-refractivity contribution in [1.82, 2.24) is 9.97 Å². The van der Waals surface area contributed by atoms with Crippen molar-refractivity contribution in [1.29, 1.82) is 5.26 Å². The highest BCUT2D eigenvalue weighted by atomic mass is 79.9. The number of thioether (sulfide) groups is 1. The Morgan fingerprint density at radius 2 is 2.33 bits per heavy atom. The molecule has 0 saturated heterocycles. The predicted octanol–water partition coefficient (Wildman–Crippen LogP) is 2.80. The van der Waals surface area contributed by atoms with Crippen LogP contribution in [0.15, 0.2) is 34.2 Å². The van der Waals surface area contributed by atoms with Crippen LogP contribution in [0, 0.1) is 11.3 Å². The van der Waals surface area contributed by atoms with Gasteiger partial charge in [0.2, 0.25) is 0 Å². The van der Waals surface area contributed by atoms with Gasteiger partial charge in [0.05, 0.1) is 12.3 Å². The predicted molar refractivity (Wildman–Crippen MR) is 86.1 cm³/mol. The van der Waals surface area contributed by atoms with Crippen LogP contribution in [0.5, 0.6) is 5.75 Å². The molecule has 0 atom stereocenters. The van der Waals surface area contributed by atoms with Gasteiger partial charge in [-0.25, -0.2) is 4.98 Å². The molecule has 1 heterocycles. The molecule has 2 aromatic rings. The van der Waals surface area contributed by atoms with Crippen LogP contribution < -0.4 is 10.3 Å². The lowest BCUT2D eigenvalue weighted by Gasteiger charge is -2.08. The quantitative estimate of drug-likeness (QED) is 0.500. The second-order valence-corrected chi connectivity index (χ2v) is 5.56. The van der Waals surface area contributed by atoms with E-state index in [-0.39, 0.29) is 5.56 Å². The summed E-state index contributed by atoms with van der Waals surface area (Å²) < 4.78 is 5.53. The Kier molecular flexibility index (Phi) is 5.42. The molecule has 7 heteroatoms. The summed E-state index contributed by atoms with van der Waals surface area (Å²) in [6, 6.07) is 9.11. The zero-order valence-corrected chi connectivity index (χ0v) is 13.6. The minimum atomic E-state index is -0.432. The molecule has 1 aromatic carbocycles.